The molecule has 0 spiro atoms. The van der Waals surface area contributed by atoms with Gasteiger partial charge in [0.25, 0.3) is 5.69 Å². The molecule has 2 heterocycles. The second-order valence-electron chi connectivity index (χ2n) is 6.30. The Hall–Kier alpha value is -3.33. The van der Waals surface area contributed by atoms with Crippen LogP contribution in [0.1, 0.15) is 16.7 Å². The highest BCUT2D eigenvalue weighted by Crippen LogP contribution is 2.27. The van der Waals surface area contributed by atoms with Crippen molar-refractivity contribution < 1.29 is 4.92 Å². The van der Waals surface area contributed by atoms with Crippen molar-refractivity contribution in [1.82, 2.24) is 25.0 Å². The summed E-state index contributed by atoms with van der Waals surface area (Å²) in [6.45, 7) is 2.62. The second-order valence-corrected chi connectivity index (χ2v) is 7.26. The average molecular weight is 392 g/mol. The smallest absolute Gasteiger partial charge is 0.258 e. The molecule has 0 bridgehead atoms. The molecule has 0 radical (unpaired) electrons. The Morgan fingerprint density at radius 1 is 1.11 bits per heavy atom. The molecule has 0 amide bonds. The van der Waals surface area contributed by atoms with Crippen LogP contribution in [0.15, 0.2) is 59.9 Å². The van der Waals surface area contributed by atoms with Gasteiger partial charge in [0.05, 0.1) is 11.5 Å². The van der Waals surface area contributed by atoms with E-state index >= 15 is 0 Å². The summed E-state index contributed by atoms with van der Waals surface area (Å²) in [6.07, 6.45) is 1.49. The third-order valence-electron chi connectivity index (χ3n) is 4.22. The summed E-state index contributed by atoms with van der Waals surface area (Å²) < 4.78 is 1.75. The molecule has 4 rings (SSSR count). The summed E-state index contributed by atoms with van der Waals surface area (Å²) in [4.78, 5) is 19.2. The highest BCUT2D eigenvalue weighted by atomic mass is 32.2. The van der Waals surface area contributed by atoms with Crippen molar-refractivity contribution in [3.05, 3.63) is 81.7 Å². The van der Waals surface area contributed by atoms with E-state index in [-0.39, 0.29) is 5.69 Å². The van der Waals surface area contributed by atoms with E-state index in [1.807, 2.05) is 13.0 Å². The van der Waals surface area contributed by atoms with Gasteiger partial charge in [0.1, 0.15) is 11.4 Å². The van der Waals surface area contributed by atoms with Crippen molar-refractivity contribution >= 4 is 28.6 Å². The number of hydrogen-bond donors (Lipinski definition) is 0. The number of rotatable bonds is 6. The Bertz CT molecular complexity index is 1140. The molecule has 2 aromatic heterocycles. The fraction of sp³-hybridized carbons (Fsp3) is 0.158. The topological polar surface area (TPSA) is 99.6 Å². The first-order chi connectivity index (χ1) is 13.6. The molecule has 0 saturated carbocycles. The van der Waals surface area contributed by atoms with Crippen molar-refractivity contribution in [2.75, 3.05) is 0 Å². The van der Waals surface area contributed by atoms with Crippen LogP contribution >= 0.6 is 11.8 Å². The SMILES string of the molecule is Cc1ccc(Cn2nnc3c(SCc4cccc([N+](=O)[O-])c4)ncnc32)cc1. The quantitative estimate of drug-likeness (QED) is 0.213. The summed E-state index contributed by atoms with van der Waals surface area (Å²) in [7, 11) is 0. The maximum atomic E-state index is 10.9. The number of thioether (sulfide) groups is 1. The van der Waals surface area contributed by atoms with Crippen LogP contribution in [0.4, 0.5) is 5.69 Å². The molecule has 8 nitrogen and oxygen atoms in total. The third kappa shape index (κ3) is 3.84. The van der Waals surface area contributed by atoms with Crippen molar-refractivity contribution in [2.24, 2.45) is 0 Å². The standard InChI is InChI=1S/C19H16N6O2S/c1-13-5-7-14(8-6-13)10-24-18-17(22-23-24)19(21-12-20-18)28-11-15-3-2-4-16(9-15)25(26)27/h2-9,12H,10-11H2,1H3. The summed E-state index contributed by atoms with van der Waals surface area (Å²) >= 11 is 1.46. The first-order valence-electron chi connectivity index (χ1n) is 8.56. The monoisotopic (exact) mass is 392 g/mol. The van der Waals surface area contributed by atoms with E-state index in [2.05, 4.69) is 44.5 Å². The van der Waals surface area contributed by atoms with Crippen LogP contribution in [0, 0.1) is 17.0 Å². The van der Waals surface area contributed by atoms with Crippen molar-refractivity contribution in [1.29, 1.82) is 0 Å². The predicted molar refractivity (Wildman–Crippen MR) is 106 cm³/mol. The lowest BCUT2D eigenvalue weighted by molar-refractivity contribution is -0.384. The number of non-ortho nitro benzene ring substituents is 1. The maximum Gasteiger partial charge on any atom is 0.269 e. The fourth-order valence-corrected chi connectivity index (χ4v) is 3.63. The van der Waals surface area contributed by atoms with E-state index in [0.717, 1.165) is 11.1 Å². The summed E-state index contributed by atoms with van der Waals surface area (Å²) in [5, 5.41) is 20.1. The molecule has 0 fully saturated rings. The van der Waals surface area contributed by atoms with Gasteiger partial charge < -0.3 is 0 Å². The molecule has 2 aromatic carbocycles. The lowest BCUT2D eigenvalue weighted by Gasteiger charge is -2.04. The Kier molecular flexibility index (Phi) is 4.98. The zero-order chi connectivity index (χ0) is 19.5. The number of fused-ring (bicyclic) bond motifs is 1. The molecule has 28 heavy (non-hydrogen) atoms. The number of nitro benzene ring substituents is 1. The maximum absolute atomic E-state index is 10.9. The molecule has 0 aliphatic rings. The molecule has 4 aromatic rings. The van der Waals surface area contributed by atoms with E-state index in [0.29, 0.717) is 28.5 Å². The molecule has 0 N–H and O–H groups in total. The van der Waals surface area contributed by atoms with Gasteiger partial charge in [-0.25, -0.2) is 14.6 Å². The van der Waals surface area contributed by atoms with Gasteiger partial charge in [-0.1, -0.05) is 58.9 Å². The van der Waals surface area contributed by atoms with Gasteiger partial charge in [-0.15, -0.1) is 5.10 Å². The lowest BCUT2D eigenvalue weighted by atomic mass is 10.1. The van der Waals surface area contributed by atoms with Gasteiger partial charge >= 0.3 is 0 Å². The highest BCUT2D eigenvalue weighted by Gasteiger charge is 2.13. The van der Waals surface area contributed by atoms with E-state index < -0.39 is 4.92 Å². The number of hydrogen-bond acceptors (Lipinski definition) is 7. The molecular formula is C19H16N6O2S. The van der Waals surface area contributed by atoms with E-state index in [9.17, 15) is 10.1 Å². The first kappa shape index (κ1) is 18.1. The summed E-state index contributed by atoms with van der Waals surface area (Å²) in [5.74, 6) is 0.540. The van der Waals surface area contributed by atoms with Gasteiger partial charge in [-0.3, -0.25) is 10.1 Å². The number of aryl methyl sites for hydroxylation is 1. The zero-order valence-corrected chi connectivity index (χ0v) is 15.8. The van der Waals surface area contributed by atoms with Crippen LogP contribution in [0.25, 0.3) is 11.2 Å². The molecule has 0 aliphatic carbocycles. The first-order valence-corrected chi connectivity index (χ1v) is 9.54. The van der Waals surface area contributed by atoms with Crippen LogP contribution in [-0.2, 0) is 12.3 Å². The van der Waals surface area contributed by atoms with Crippen LogP contribution in [0.5, 0.6) is 0 Å². The van der Waals surface area contributed by atoms with Crippen molar-refractivity contribution in [3.8, 4) is 0 Å². The highest BCUT2D eigenvalue weighted by molar-refractivity contribution is 7.98. The minimum Gasteiger partial charge on any atom is -0.258 e. The van der Waals surface area contributed by atoms with Crippen LogP contribution in [-0.4, -0.2) is 29.9 Å². The van der Waals surface area contributed by atoms with Crippen LogP contribution in [0.2, 0.25) is 0 Å². The Balaban J connectivity index is 1.55. The van der Waals surface area contributed by atoms with Crippen molar-refractivity contribution in [2.45, 2.75) is 24.2 Å². The van der Waals surface area contributed by atoms with Crippen molar-refractivity contribution in [3.63, 3.8) is 0 Å². The Morgan fingerprint density at radius 3 is 2.71 bits per heavy atom. The largest absolute Gasteiger partial charge is 0.269 e. The van der Waals surface area contributed by atoms with E-state index in [4.69, 9.17) is 0 Å². The molecule has 0 unspecified atom stereocenters. The number of aromatic nitrogens is 5. The van der Waals surface area contributed by atoms with Gasteiger partial charge in [-0.2, -0.15) is 0 Å². The Labute approximate surface area is 164 Å². The lowest BCUT2D eigenvalue weighted by Crippen LogP contribution is -2.03. The van der Waals surface area contributed by atoms with Gasteiger partial charge in [0, 0.05) is 17.9 Å². The van der Waals surface area contributed by atoms with Gasteiger partial charge in [-0.05, 0) is 18.1 Å². The van der Waals surface area contributed by atoms with E-state index in [1.165, 1.54) is 29.7 Å². The third-order valence-corrected chi connectivity index (χ3v) is 5.27. The summed E-state index contributed by atoms with van der Waals surface area (Å²) in [5.41, 5.74) is 4.53. The summed E-state index contributed by atoms with van der Waals surface area (Å²) in [6, 6.07) is 14.8. The number of benzene rings is 2. The second kappa shape index (κ2) is 7.73. The molecule has 0 atom stereocenters. The minimum atomic E-state index is -0.395. The average Bonchev–Trinajstić information content (AvgIpc) is 3.12. The molecular weight excluding hydrogens is 376 g/mol. The number of nitro groups is 1. The fourth-order valence-electron chi connectivity index (χ4n) is 2.76. The van der Waals surface area contributed by atoms with E-state index in [1.54, 1.807) is 16.8 Å². The van der Waals surface area contributed by atoms with Crippen LogP contribution < -0.4 is 0 Å². The van der Waals surface area contributed by atoms with Gasteiger partial charge in [0.15, 0.2) is 11.2 Å². The predicted octanol–water partition coefficient (Wildman–Crippen LogP) is 3.78. The molecule has 0 saturated heterocycles. The number of nitrogens with zero attached hydrogens (tertiary/aromatic N) is 6. The normalized spacial score (nSPS) is 11.0. The molecule has 9 heteroatoms. The zero-order valence-electron chi connectivity index (χ0n) is 15.0. The molecule has 140 valence electrons. The van der Waals surface area contributed by atoms with Crippen LogP contribution in [0.3, 0.4) is 0 Å². The minimum absolute atomic E-state index is 0.0787. The van der Waals surface area contributed by atoms with Gasteiger partial charge in [0.2, 0.25) is 0 Å². The molecule has 0 aliphatic heterocycles. The Morgan fingerprint density at radius 2 is 1.93 bits per heavy atom.